The van der Waals surface area contributed by atoms with Crippen LogP contribution in [-0.2, 0) is 28.8 Å². The monoisotopic (exact) mass is 1020 g/mol. The number of hydrogen-bond donors (Lipinski definition) is 10. The van der Waals surface area contributed by atoms with Crippen LogP contribution in [0.3, 0.4) is 0 Å². The molecule has 2 aliphatic rings. The lowest BCUT2D eigenvalue weighted by Gasteiger charge is -2.36. The van der Waals surface area contributed by atoms with Crippen LogP contribution in [0.5, 0.6) is 0 Å². The van der Waals surface area contributed by atoms with E-state index in [9.17, 15) is 48.6 Å². The van der Waals surface area contributed by atoms with Crippen LogP contribution < -0.4 is 42.5 Å². The highest BCUT2D eigenvalue weighted by atomic mass is 16.3. The Morgan fingerprint density at radius 2 is 0.851 bits per heavy atom. The zero-order chi connectivity index (χ0) is 54.7. The Kier molecular flexibility index (Phi) is 20.0. The third kappa shape index (κ3) is 14.7. The lowest BCUT2D eigenvalue weighted by Crippen LogP contribution is -2.59. The molecule has 8 amide bonds. The molecule has 3 aromatic carbocycles. The first kappa shape index (κ1) is 58.2. The Balaban J connectivity index is 1.33. The summed E-state index contributed by atoms with van der Waals surface area (Å²) in [5.41, 5.74) is 0.0724. The van der Waals surface area contributed by atoms with Gasteiger partial charge in [0.25, 0.3) is 11.8 Å². The molecule has 0 unspecified atom stereocenters. The summed E-state index contributed by atoms with van der Waals surface area (Å²) in [7, 11) is 3.24. The average molecular weight is 1030 g/mol. The Morgan fingerprint density at radius 3 is 1.14 bits per heavy atom. The molecule has 2 fully saturated rings. The lowest BCUT2D eigenvalue weighted by atomic mass is 9.85. The number of likely N-dealkylation sites (tertiary alicyclic amines) is 2. The van der Waals surface area contributed by atoms with Gasteiger partial charge in [-0.05, 0) is 87.0 Å². The molecule has 0 saturated carbocycles. The number of amides is 8. The van der Waals surface area contributed by atoms with Gasteiger partial charge in [0.05, 0.1) is 37.4 Å². The summed E-state index contributed by atoms with van der Waals surface area (Å²) in [6.45, 7) is 13.1. The number of aliphatic hydroxyl groups excluding tert-OH is 2. The highest BCUT2D eigenvalue weighted by molar-refractivity contribution is 5.99. The molecular weight excluding hydrogens is 949 g/mol. The van der Waals surface area contributed by atoms with Gasteiger partial charge >= 0.3 is 0 Å². The Hall–Kier alpha value is -6.74. The smallest absolute Gasteiger partial charge is 0.251 e. The first-order valence-corrected chi connectivity index (χ1v) is 25.1. The molecule has 3 aromatic rings. The van der Waals surface area contributed by atoms with Crippen LogP contribution in [0.25, 0.3) is 0 Å². The Labute approximate surface area is 433 Å². The number of carbonyl (C=O) groups excluding carboxylic acids is 8. The predicted molar refractivity (Wildman–Crippen MR) is 278 cm³/mol. The second kappa shape index (κ2) is 25.5. The minimum absolute atomic E-state index is 0.0131. The van der Waals surface area contributed by atoms with Gasteiger partial charge < -0.3 is 62.5 Å². The number of aliphatic hydroxyl groups is 2. The maximum absolute atomic E-state index is 14.5. The highest BCUT2D eigenvalue weighted by Crippen LogP contribution is 2.29. The van der Waals surface area contributed by atoms with Crippen LogP contribution in [-0.4, -0.2) is 156 Å². The van der Waals surface area contributed by atoms with Crippen molar-refractivity contribution in [2.75, 3.05) is 40.4 Å². The highest BCUT2D eigenvalue weighted by Gasteiger charge is 2.48. The topological polar surface area (TPSA) is 280 Å². The Bertz CT molecular complexity index is 2280. The van der Waals surface area contributed by atoms with E-state index in [1.54, 1.807) is 130 Å². The molecule has 0 radical (unpaired) electrons. The number of likely N-dealkylation sites (N-methyl/N-ethyl adjacent to an activating group) is 2. The fourth-order valence-electron chi connectivity index (χ4n) is 8.98. The predicted octanol–water partition coefficient (Wildman–Crippen LogP) is 1.06. The second-order valence-electron chi connectivity index (χ2n) is 21.3. The van der Waals surface area contributed by atoms with Gasteiger partial charge in [0.15, 0.2) is 0 Å². The number of hydrogen-bond acceptors (Lipinski definition) is 12. The van der Waals surface area contributed by atoms with E-state index in [1.807, 2.05) is 0 Å². The van der Waals surface area contributed by atoms with Crippen LogP contribution in [0.2, 0.25) is 0 Å². The normalized spacial score (nSPS) is 20.2. The van der Waals surface area contributed by atoms with E-state index < -0.39 is 132 Å². The molecular formula is C54H76N10O10. The molecule has 74 heavy (non-hydrogen) atoms. The van der Waals surface area contributed by atoms with Gasteiger partial charge in [0.1, 0.15) is 24.2 Å². The van der Waals surface area contributed by atoms with Crippen molar-refractivity contribution in [1.29, 1.82) is 0 Å². The van der Waals surface area contributed by atoms with Gasteiger partial charge in [-0.1, -0.05) is 102 Å². The van der Waals surface area contributed by atoms with Gasteiger partial charge in [0.2, 0.25) is 35.4 Å². The summed E-state index contributed by atoms with van der Waals surface area (Å²) in [5, 5.41) is 43.6. The lowest BCUT2D eigenvalue weighted by molar-refractivity contribution is -0.144. The van der Waals surface area contributed by atoms with E-state index in [0.717, 1.165) is 0 Å². The van der Waals surface area contributed by atoms with Crippen LogP contribution in [0.15, 0.2) is 84.9 Å². The van der Waals surface area contributed by atoms with Gasteiger partial charge in [0, 0.05) is 36.3 Å². The van der Waals surface area contributed by atoms with Crippen LogP contribution in [0, 0.1) is 10.8 Å². The minimum Gasteiger partial charge on any atom is -0.394 e. The van der Waals surface area contributed by atoms with Gasteiger partial charge in [-0.15, -0.1) is 0 Å². The number of nitrogens with zero attached hydrogens (tertiary/aromatic N) is 2. The average Bonchev–Trinajstić information content (AvgIpc) is 4.01. The molecule has 5 rings (SSSR count). The molecule has 2 saturated heterocycles. The van der Waals surface area contributed by atoms with Crippen LogP contribution in [0.4, 0.5) is 0 Å². The van der Waals surface area contributed by atoms with Crippen molar-refractivity contribution in [3.63, 3.8) is 0 Å². The third-order valence-electron chi connectivity index (χ3n) is 13.7. The first-order valence-electron chi connectivity index (χ1n) is 25.1. The molecule has 10 N–H and O–H groups in total. The number of benzene rings is 3. The molecule has 20 heteroatoms. The third-order valence-corrected chi connectivity index (χ3v) is 13.7. The number of carbonyl (C=O) groups is 8. The van der Waals surface area contributed by atoms with Crippen molar-refractivity contribution in [2.24, 2.45) is 10.8 Å². The van der Waals surface area contributed by atoms with E-state index in [0.29, 0.717) is 11.1 Å². The molecule has 2 heterocycles. The molecule has 0 aromatic heterocycles. The molecule has 0 bridgehead atoms. The first-order chi connectivity index (χ1) is 34.9. The summed E-state index contributed by atoms with van der Waals surface area (Å²) in [5.74, 6) is -4.08. The van der Waals surface area contributed by atoms with Crippen molar-refractivity contribution in [2.45, 2.75) is 129 Å². The van der Waals surface area contributed by atoms with E-state index in [-0.39, 0.29) is 37.1 Å². The molecule has 0 aliphatic carbocycles. The summed E-state index contributed by atoms with van der Waals surface area (Å²) in [6, 6.07) is 15.0. The maximum atomic E-state index is 14.5. The second-order valence-corrected chi connectivity index (χ2v) is 21.3. The summed E-state index contributed by atoms with van der Waals surface area (Å²) in [6.07, 6.45) is 0.0263. The SMILES string of the molecule is CN[C@@H](C)C(=O)N[C@H](C(=O)N1C[C@@H](NC(=O)c2ccc(C(=O)N[C@H]3C[C@@H](C(=O)N[C@H](CO)c4ccccc4)N(C(=O)[C@@H](NC(=O)[C@H](C)NC)C(C)(C)C)C3)cc2)C[C@H]1C(=O)N[C@H](CO)c1ccccc1)C(C)(C)C. The molecule has 10 atom stereocenters. The fourth-order valence-corrected chi connectivity index (χ4v) is 8.98. The molecule has 402 valence electrons. The zero-order valence-corrected chi connectivity index (χ0v) is 44.2. The van der Waals surface area contributed by atoms with E-state index in [2.05, 4.69) is 42.5 Å². The van der Waals surface area contributed by atoms with E-state index in [1.165, 1.54) is 34.1 Å². The largest absolute Gasteiger partial charge is 0.394 e. The Morgan fingerprint density at radius 1 is 0.527 bits per heavy atom. The molecule has 20 nitrogen and oxygen atoms in total. The van der Waals surface area contributed by atoms with E-state index in [4.69, 9.17) is 0 Å². The fraction of sp³-hybridized carbons (Fsp3) is 0.519. The van der Waals surface area contributed by atoms with Crippen molar-refractivity contribution < 1.29 is 48.6 Å². The standard InChI is InChI=1S/C54H76N10O10/c1-31(55-9)45(67)61-43(53(3,4)5)51(73)63-27-37(25-41(63)49(71)59-39(29-65)33-17-13-11-14-18-33)57-47(69)35-21-23-36(24-22-35)48(70)58-38-26-42(50(72)60-40(30-66)34-19-15-12-16-20-34)64(28-38)52(74)44(54(6,7)8)62-46(68)32(2)56-10/h11-24,31-32,37-44,55-56,65-66H,25-30H2,1-10H3,(H,57,69)(H,58,70)(H,59,71)(H,60,72)(H,61,67)(H,62,68)/t31-,32-,37-,38-,39+,40+,41-,42-,43+,44+/m0/s1. The van der Waals surface area contributed by atoms with E-state index >= 15 is 0 Å². The van der Waals surface area contributed by atoms with Crippen molar-refractivity contribution >= 4 is 47.3 Å². The van der Waals surface area contributed by atoms with Crippen LogP contribution >= 0.6 is 0 Å². The summed E-state index contributed by atoms with van der Waals surface area (Å²) in [4.78, 5) is 114. The number of nitrogens with one attached hydrogen (secondary N) is 8. The zero-order valence-electron chi connectivity index (χ0n) is 44.2. The minimum atomic E-state index is -1.09. The summed E-state index contributed by atoms with van der Waals surface area (Å²) >= 11 is 0. The number of rotatable bonds is 20. The van der Waals surface area contributed by atoms with Crippen LogP contribution in [0.1, 0.15) is 112 Å². The summed E-state index contributed by atoms with van der Waals surface area (Å²) < 4.78 is 0. The van der Waals surface area contributed by atoms with Gasteiger partial charge in [-0.3, -0.25) is 38.4 Å². The van der Waals surface area contributed by atoms with Crippen molar-refractivity contribution in [3.8, 4) is 0 Å². The molecule has 0 spiro atoms. The van der Waals surface area contributed by atoms with Crippen molar-refractivity contribution in [1.82, 2.24) is 52.3 Å². The maximum Gasteiger partial charge on any atom is 0.251 e. The van der Waals surface area contributed by atoms with Gasteiger partial charge in [-0.25, -0.2) is 0 Å². The van der Waals surface area contributed by atoms with Gasteiger partial charge in [-0.2, -0.15) is 0 Å². The van der Waals surface area contributed by atoms with Crippen molar-refractivity contribution in [3.05, 3.63) is 107 Å². The molecule has 2 aliphatic heterocycles. The quantitative estimate of drug-likeness (QED) is 0.0762.